The Balaban J connectivity index is 1.33. The number of aromatic carboxylic acids is 1. The van der Waals surface area contributed by atoms with Gasteiger partial charge in [-0.1, -0.05) is 59.9 Å². The summed E-state index contributed by atoms with van der Waals surface area (Å²) in [7, 11) is 0. The van der Waals surface area contributed by atoms with Crippen LogP contribution < -0.4 is 5.32 Å². The lowest BCUT2D eigenvalue weighted by atomic mass is 9.98. The Morgan fingerprint density at radius 2 is 1.68 bits per heavy atom. The van der Waals surface area contributed by atoms with Gasteiger partial charge >= 0.3 is 12.1 Å². The highest BCUT2D eigenvalue weighted by Gasteiger charge is 2.28. The van der Waals surface area contributed by atoms with Crippen LogP contribution in [0, 0.1) is 0 Å². The van der Waals surface area contributed by atoms with E-state index in [0.29, 0.717) is 18.0 Å². The molecule has 0 radical (unpaired) electrons. The first-order chi connectivity index (χ1) is 13.6. The fraction of sp³-hybridized carbons (Fsp3) is 0.200. The molecule has 1 aromatic heterocycles. The second kappa shape index (κ2) is 7.77. The van der Waals surface area contributed by atoms with Gasteiger partial charge in [0.1, 0.15) is 11.6 Å². The van der Waals surface area contributed by atoms with E-state index >= 15 is 0 Å². The zero-order chi connectivity index (χ0) is 19.5. The van der Waals surface area contributed by atoms with E-state index in [1.165, 1.54) is 11.1 Å². The molecular weight excluding hydrogens is 378 g/mol. The molecule has 0 spiro atoms. The standard InChI is InChI=1S/C20H17N3O4S/c24-19(25)18-23-22-17(28-18)9-10-21-20(26)27-11-16-14-7-3-1-5-12(14)13-6-2-4-8-15(13)16/h1-8,16H,9-11H2,(H,21,26)(H,24,25). The van der Waals surface area contributed by atoms with Crippen molar-refractivity contribution in [2.24, 2.45) is 0 Å². The number of carbonyl (C=O) groups excluding carboxylic acids is 1. The number of carboxylic acids is 1. The average Bonchev–Trinajstić information content (AvgIpc) is 3.30. The van der Waals surface area contributed by atoms with E-state index in [9.17, 15) is 9.59 Å². The van der Waals surface area contributed by atoms with E-state index in [1.807, 2.05) is 24.3 Å². The number of nitrogens with zero attached hydrogens (tertiary/aromatic N) is 2. The molecule has 1 heterocycles. The van der Waals surface area contributed by atoms with Crippen LogP contribution >= 0.6 is 11.3 Å². The second-order valence-electron chi connectivity index (χ2n) is 6.31. The molecule has 1 amide bonds. The molecule has 0 fully saturated rings. The molecule has 0 aliphatic heterocycles. The van der Waals surface area contributed by atoms with Crippen LogP contribution in [0.5, 0.6) is 0 Å². The Labute approximate surface area is 165 Å². The Morgan fingerprint density at radius 1 is 1.04 bits per heavy atom. The first kappa shape index (κ1) is 18.1. The van der Waals surface area contributed by atoms with Gasteiger partial charge in [0, 0.05) is 18.9 Å². The SMILES string of the molecule is O=C(NCCc1nnc(C(=O)O)s1)OCC1c2ccccc2-c2ccccc21. The minimum absolute atomic E-state index is 0.0134. The minimum Gasteiger partial charge on any atom is -0.476 e. The van der Waals surface area contributed by atoms with Gasteiger partial charge in [0.25, 0.3) is 0 Å². The normalized spacial score (nSPS) is 12.3. The van der Waals surface area contributed by atoms with Gasteiger partial charge in [-0.15, -0.1) is 10.2 Å². The summed E-state index contributed by atoms with van der Waals surface area (Å²) < 4.78 is 5.44. The highest BCUT2D eigenvalue weighted by Crippen LogP contribution is 2.44. The van der Waals surface area contributed by atoms with Crippen molar-refractivity contribution in [2.45, 2.75) is 12.3 Å². The van der Waals surface area contributed by atoms with Gasteiger partial charge in [0.15, 0.2) is 0 Å². The van der Waals surface area contributed by atoms with E-state index in [1.54, 1.807) is 0 Å². The summed E-state index contributed by atoms with van der Waals surface area (Å²) in [6.45, 7) is 0.548. The van der Waals surface area contributed by atoms with Crippen LogP contribution in [0.2, 0.25) is 0 Å². The molecule has 28 heavy (non-hydrogen) atoms. The summed E-state index contributed by atoms with van der Waals surface area (Å²) in [6.07, 6.45) is -0.111. The van der Waals surface area contributed by atoms with Crippen LogP contribution in [0.3, 0.4) is 0 Å². The number of alkyl carbamates (subject to hydrolysis) is 1. The third-order valence-corrected chi connectivity index (χ3v) is 5.57. The molecule has 142 valence electrons. The number of amides is 1. The number of fused-ring (bicyclic) bond motifs is 3. The smallest absolute Gasteiger partial charge is 0.407 e. The largest absolute Gasteiger partial charge is 0.476 e. The summed E-state index contributed by atoms with van der Waals surface area (Å²) in [5, 5.41) is 19.4. The molecule has 2 aromatic carbocycles. The Morgan fingerprint density at radius 3 is 2.29 bits per heavy atom. The molecule has 0 saturated heterocycles. The number of nitrogens with one attached hydrogen (secondary N) is 1. The highest BCUT2D eigenvalue weighted by atomic mass is 32.1. The summed E-state index contributed by atoms with van der Waals surface area (Å²) in [6, 6.07) is 16.3. The number of carbonyl (C=O) groups is 2. The van der Waals surface area contributed by atoms with Crippen LogP contribution in [0.1, 0.15) is 31.9 Å². The van der Waals surface area contributed by atoms with E-state index in [4.69, 9.17) is 9.84 Å². The number of aromatic nitrogens is 2. The lowest BCUT2D eigenvalue weighted by Crippen LogP contribution is -2.28. The van der Waals surface area contributed by atoms with Crippen molar-refractivity contribution >= 4 is 23.4 Å². The molecular formula is C20H17N3O4S. The van der Waals surface area contributed by atoms with Gasteiger partial charge in [-0.05, 0) is 22.3 Å². The van der Waals surface area contributed by atoms with Crippen molar-refractivity contribution in [2.75, 3.05) is 13.2 Å². The van der Waals surface area contributed by atoms with Crippen molar-refractivity contribution in [3.63, 3.8) is 0 Å². The van der Waals surface area contributed by atoms with Crippen molar-refractivity contribution in [3.05, 3.63) is 69.7 Å². The molecule has 0 saturated carbocycles. The number of hydrogen-bond acceptors (Lipinski definition) is 6. The maximum Gasteiger partial charge on any atom is 0.407 e. The molecule has 0 atom stereocenters. The van der Waals surface area contributed by atoms with Gasteiger partial charge in [-0.25, -0.2) is 9.59 Å². The predicted octanol–water partition coefficient (Wildman–Crippen LogP) is 3.32. The van der Waals surface area contributed by atoms with E-state index < -0.39 is 12.1 Å². The summed E-state index contributed by atoms with van der Waals surface area (Å²) in [5.74, 6) is -1.09. The van der Waals surface area contributed by atoms with Crippen molar-refractivity contribution in [3.8, 4) is 11.1 Å². The topological polar surface area (TPSA) is 101 Å². The van der Waals surface area contributed by atoms with Crippen molar-refractivity contribution in [1.29, 1.82) is 0 Å². The van der Waals surface area contributed by atoms with E-state index in [0.717, 1.165) is 22.5 Å². The fourth-order valence-electron chi connectivity index (χ4n) is 3.36. The number of ether oxygens (including phenoxy) is 1. The lowest BCUT2D eigenvalue weighted by Gasteiger charge is -2.14. The second-order valence-corrected chi connectivity index (χ2v) is 7.37. The third kappa shape index (κ3) is 3.59. The van der Waals surface area contributed by atoms with Gasteiger partial charge in [-0.2, -0.15) is 0 Å². The van der Waals surface area contributed by atoms with Gasteiger partial charge in [-0.3, -0.25) is 0 Å². The maximum absolute atomic E-state index is 12.1. The molecule has 4 rings (SSSR count). The number of hydrogen-bond donors (Lipinski definition) is 2. The Hall–Kier alpha value is -3.26. The first-order valence-corrected chi connectivity index (χ1v) is 9.59. The van der Waals surface area contributed by atoms with Gasteiger partial charge in [0.2, 0.25) is 5.01 Å². The zero-order valence-electron chi connectivity index (χ0n) is 14.8. The van der Waals surface area contributed by atoms with E-state index in [-0.39, 0.29) is 17.5 Å². The highest BCUT2D eigenvalue weighted by molar-refractivity contribution is 7.13. The third-order valence-electron chi connectivity index (χ3n) is 4.60. The number of benzene rings is 2. The maximum atomic E-state index is 12.1. The van der Waals surface area contributed by atoms with Gasteiger partial charge in [0.05, 0.1) is 0 Å². The lowest BCUT2D eigenvalue weighted by molar-refractivity contribution is 0.0695. The molecule has 0 unspecified atom stereocenters. The molecule has 3 aromatic rings. The molecule has 2 N–H and O–H groups in total. The van der Waals surface area contributed by atoms with Crippen LogP contribution in [0.15, 0.2) is 48.5 Å². The van der Waals surface area contributed by atoms with Crippen LogP contribution in [0.25, 0.3) is 11.1 Å². The number of carboxylic acid groups (broad SMARTS) is 1. The quantitative estimate of drug-likeness (QED) is 0.664. The summed E-state index contributed by atoms with van der Waals surface area (Å²) in [5.41, 5.74) is 4.67. The van der Waals surface area contributed by atoms with Crippen molar-refractivity contribution in [1.82, 2.24) is 15.5 Å². The zero-order valence-corrected chi connectivity index (χ0v) is 15.6. The van der Waals surface area contributed by atoms with E-state index in [2.05, 4.69) is 39.8 Å². The minimum atomic E-state index is -1.10. The number of rotatable bonds is 6. The molecule has 1 aliphatic carbocycles. The van der Waals surface area contributed by atoms with Crippen LogP contribution in [-0.4, -0.2) is 40.5 Å². The predicted molar refractivity (Wildman–Crippen MR) is 104 cm³/mol. The Kier molecular flexibility index (Phi) is 5.03. The van der Waals surface area contributed by atoms with Crippen molar-refractivity contribution < 1.29 is 19.4 Å². The average molecular weight is 395 g/mol. The Bertz CT molecular complexity index is 988. The molecule has 0 bridgehead atoms. The first-order valence-electron chi connectivity index (χ1n) is 8.78. The molecule has 8 heteroatoms. The van der Waals surface area contributed by atoms with Crippen LogP contribution in [0.4, 0.5) is 4.79 Å². The summed E-state index contributed by atoms with van der Waals surface area (Å²) >= 11 is 0.997. The molecule has 7 nitrogen and oxygen atoms in total. The van der Waals surface area contributed by atoms with Crippen LogP contribution in [-0.2, 0) is 11.2 Å². The summed E-state index contributed by atoms with van der Waals surface area (Å²) in [4.78, 5) is 22.9. The van der Waals surface area contributed by atoms with Gasteiger partial charge < -0.3 is 15.2 Å². The fourth-order valence-corrected chi connectivity index (χ4v) is 4.04. The monoisotopic (exact) mass is 395 g/mol. The molecule has 1 aliphatic rings.